The fourth-order valence-corrected chi connectivity index (χ4v) is 4.49. The van der Waals surface area contributed by atoms with Crippen LogP contribution < -0.4 is 0 Å². The number of aryl methyl sites for hydroxylation is 1. The normalized spacial score (nSPS) is 24.8. The van der Waals surface area contributed by atoms with E-state index in [0.29, 0.717) is 19.6 Å². The van der Waals surface area contributed by atoms with E-state index >= 15 is 0 Å². The lowest BCUT2D eigenvalue weighted by Gasteiger charge is -2.32. The molecule has 2 aliphatic rings. The summed E-state index contributed by atoms with van der Waals surface area (Å²) in [6.45, 7) is 7.82. The molecule has 2 fully saturated rings. The topological polar surface area (TPSA) is 66.9 Å². The molecular formula is C22H30N2O4. The SMILES string of the molecule is CCN(C[C@@H]1CCCO1)C(=O)C[C@]1(c2ccccc2C)CC(=O)N(CC)C1=O. The lowest BCUT2D eigenvalue weighted by Crippen LogP contribution is -2.45. The fraction of sp³-hybridized carbons (Fsp3) is 0.591. The molecular weight excluding hydrogens is 356 g/mol. The van der Waals surface area contributed by atoms with E-state index in [9.17, 15) is 14.4 Å². The zero-order valence-electron chi connectivity index (χ0n) is 17.1. The molecule has 2 atom stereocenters. The van der Waals surface area contributed by atoms with Gasteiger partial charge in [0, 0.05) is 39.1 Å². The Labute approximate surface area is 166 Å². The van der Waals surface area contributed by atoms with Crippen LogP contribution in [0.3, 0.4) is 0 Å². The van der Waals surface area contributed by atoms with E-state index < -0.39 is 5.41 Å². The highest BCUT2D eigenvalue weighted by Gasteiger charge is 2.54. The third-order valence-electron chi connectivity index (χ3n) is 6.02. The highest BCUT2D eigenvalue weighted by Crippen LogP contribution is 2.41. The van der Waals surface area contributed by atoms with Gasteiger partial charge in [-0.1, -0.05) is 24.3 Å². The molecule has 0 aliphatic carbocycles. The first-order chi connectivity index (χ1) is 13.4. The summed E-state index contributed by atoms with van der Waals surface area (Å²) >= 11 is 0. The second-order valence-electron chi connectivity index (χ2n) is 7.76. The number of likely N-dealkylation sites (N-methyl/N-ethyl adjacent to an activating group) is 2. The molecule has 3 amide bonds. The molecule has 28 heavy (non-hydrogen) atoms. The number of imide groups is 1. The van der Waals surface area contributed by atoms with E-state index in [1.807, 2.05) is 38.1 Å². The molecule has 3 rings (SSSR count). The van der Waals surface area contributed by atoms with Gasteiger partial charge in [0.15, 0.2) is 0 Å². The molecule has 0 radical (unpaired) electrons. The minimum absolute atomic E-state index is 0.0134. The number of amides is 3. The maximum Gasteiger partial charge on any atom is 0.240 e. The van der Waals surface area contributed by atoms with Crippen molar-refractivity contribution in [3.8, 4) is 0 Å². The third-order valence-corrected chi connectivity index (χ3v) is 6.02. The average Bonchev–Trinajstić information content (AvgIpc) is 3.26. The number of rotatable bonds is 7. The lowest BCUT2D eigenvalue weighted by atomic mass is 9.74. The lowest BCUT2D eigenvalue weighted by molar-refractivity contribution is -0.142. The van der Waals surface area contributed by atoms with Crippen LogP contribution in [0.5, 0.6) is 0 Å². The summed E-state index contributed by atoms with van der Waals surface area (Å²) in [6.07, 6.45) is 2.09. The fourth-order valence-electron chi connectivity index (χ4n) is 4.49. The standard InChI is InChI=1S/C22H30N2O4/c1-4-23(15-17-10-8-12-28-17)19(25)13-22(18-11-7-6-9-16(18)3)14-20(26)24(5-2)21(22)27/h6-7,9,11,17H,4-5,8,10,12-15H2,1-3H3/t17-,22+/m0/s1. The Hall–Kier alpha value is -2.21. The van der Waals surface area contributed by atoms with Crippen molar-refractivity contribution in [2.24, 2.45) is 0 Å². The van der Waals surface area contributed by atoms with E-state index in [0.717, 1.165) is 30.6 Å². The number of likely N-dealkylation sites (tertiary alicyclic amines) is 1. The summed E-state index contributed by atoms with van der Waals surface area (Å²) in [7, 11) is 0. The Bertz CT molecular complexity index is 757. The van der Waals surface area contributed by atoms with Crippen molar-refractivity contribution in [2.75, 3.05) is 26.2 Å². The van der Waals surface area contributed by atoms with Gasteiger partial charge in [-0.15, -0.1) is 0 Å². The second-order valence-corrected chi connectivity index (χ2v) is 7.76. The van der Waals surface area contributed by atoms with Gasteiger partial charge in [-0.3, -0.25) is 19.3 Å². The van der Waals surface area contributed by atoms with E-state index in [1.54, 1.807) is 11.8 Å². The van der Waals surface area contributed by atoms with Crippen LogP contribution in [0.2, 0.25) is 0 Å². The van der Waals surface area contributed by atoms with Gasteiger partial charge in [0.2, 0.25) is 17.7 Å². The van der Waals surface area contributed by atoms with Crippen molar-refractivity contribution in [2.45, 2.75) is 58.0 Å². The summed E-state index contributed by atoms with van der Waals surface area (Å²) in [5.41, 5.74) is 0.599. The molecule has 0 N–H and O–H groups in total. The van der Waals surface area contributed by atoms with E-state index in [1.165, 1.54) is 4.90 Å². The number of hydrogen-bond donors (Lipinski definition) is 0. The molecule has 0 unspecified atom stereocenters. The van der Waals surface area contributed by atoms with Crippen LogP contribution in [0.25, 0.3) is 0 Å². The van der Waals surface area contributed by atoms with Gasteiger partial charge in [0.25, 0.3) is 0 Å². The molecule has 2 saturated heterocycles. The number of ether oxygens (including phenoxy) is 1. The van der Waals surface area contributed by atoms with Gasteiger partial charge < -0.3 is 9.64 Å². The highest BCUT2D eigenvalue weighted by atomic mass is 16.5. The molecule has 6 heteroatoms. The smallest absolute Gasteiger partial charge is 0.240 e. The van der Waals surface area contributed by atoms with Crippen LogP contribution in [-0.4, -0.2) is 59.9 Å². The van der Waals surface area contributed by atoms with Crippen molar-refractivity contribution >= 4 is 17.7 Å². The largest absolute Gasteiger partial charge is 0.376 e. The number of carbonyl (C=O) groups is 3. The summed E-state index contributed by atoms with van der Waals surface area (Å²) in [6, 6.07) is 7.58. The Balaban J connectivity index is 1.92. The molecule has 0 spiro atoms. The number of hydrogen-bond acceptors (Lipinski definition) is 4. The zero-order valence-corrected chi connectivity index (χ0v) is 17.1. The Morgan fingerprint density at radius 2 is 2.04 bits per heavy atom. The van der Waals surface area contributed by atoms with Gasteiger partial charge >= 0.3 is 0 Å². The quantitative estimate of drug-likeness (QED) is 0.675. The molecule has 1 aromatic rings. The van der Waals surface area contributed by atoms with E-state index in [-0.39, 0.29) is 36.7 Å². The average molecular weight is 386 g/mol. The van der Waals surface area contributed by atoms with Crippen LogP contribution in [-0.2, 0) is 24.5 Å². The first kappa shape index (κ1) is 20.5. The molecule has 2 aliphatic heterocycles. The minimum atomic E-state index is -1.11. The summed E-state index contributed by atoms with van der Waals surface area (Å²) in [5, 5.41) is 0. The maximum atomic E-state index is 13.3. The molecule has 152 valence electrons. The molecule has 1 aromatic carbocycles. The van der Waals surface area contributed by atoms with Crippen LogP contribution in [0, 0.1) is 6.92 Å². The van der Waals surface area contributed by atoms with Crippen LogP contribution in [0.4, 0.5) is 0 Å². The predicted octanol–water partition coefficient (Wildman–Crippen LogP) is 2.43. The van der Waals surface area contributed by atoms with Crippen molar-refractivity contribution in [3.63, 3.8) is 0 Å². The van der Waals surface area contributed by atoms with Crippen LogP contribution in [0.15, 0.2) is 24.3 Å². The van der Waals surface area contributed by atoms with Gasteiger partial charge in [-0.2, -0.15) is 0 Å². The van der Waals surface area contributed by atoms with Crippen molar-refractivity contribution in [1.29, 1.82) is 0 Å². The Kier molecular flexibility index (Phi) is 6.18. The minimum Gasteiger partial charge on any atom is -0.376 e. The molecule has 6 nitrogen and oxygen atoms in total. The van der Waals surface area contributed by atoms with Gasteiger partial charge in [-0.05, 0) is 44.7 Å². The van der Waals surface area contributed by atoms with Gasteiger partial charge in [0.1, 0.15) is 0 Å². The Morgan fingerprint density at radius 1 is 1.29 bits per heavy atom. The summed E-state index contributed by atoms with van der Waals surface area (Å²) in [5.74, 6) is -0.554. The van der Waals surface area contributed by atoms with Crippen molar-refractivity contribution in [1.82, 2.24) is 9.80 Å². The van der Waals surface area contributed by atoms with Crippen LogP contribution >= 0.6 is 0 Å². The van der Waals surface area contributed by atoms with E-state index in [2.05, 4.69) is 0 Å². The summed E-state index contributed by atoms with van der Waals surface area (Å²) < 4.78 is 5.68. The third kappa shape index (κ3) is 3.70. The first-order valence-corrected chi connectivity index (χ1v) is 10.2. The van der Waals surface area contributed by atoms with Crippen LogP contribution in [0.1, 0.15) is 50.7 Å². The second kappa shape index (κ2) is 8.43. The molecule has 0 bridgehead atoms. The maximum absolute atomic E-state index is 13.3. The first-order valence-electron chi connectivity index (χ1n) is 10.2. The highest BCUT2D eigenvalue weighted by molar-refractivity contribution is 6.10. The Morgan fingerprint density at radius 3 is 2.61 bits per heavy atom. The molecule has 0 saturated carbocycles. The molecule has 2 heterocycles. The number of carbonyl (C=O) groups excluding carboxylic acids is 3. The molecule has 0 aromatic heterocycles. The zero-order chi connectivity index (χ0) is 20.3. The monoisotopic (exact) mass is 386 g/mol. The number of benzene rings is 1. The van der Waals surface area contributed by atoms with Gasteiger partial charge in [0.05, 0.1) is 11.5 Å². The summed E-state index contributed by atoms with van der Waals surface area (Å²) in [4.78, 5) is 42.2. The van der Waals surface area contributed by atoms with Crippen molar-refractivity contribution in [3.05, 3.63) is 35.4 Å². The predicted molar refractivity (Wildman–Crippen MR) is 106 cm³/mol. The van der Waals surface area contributed by atoms with Crippen molar-refractivity contribution < 1.29 is 19.1 Å². The number of nitrogens with zero attached hydrogens (tertiary/aromatic N) is 2. The van der Waals surface area contributed by atoms with Gasteiger partial charge in [-0.25, -0.2) is 0 Å². The van der Waals surface area contributed by atoms with E-state index in [4.69, 9.17) is 4.74 Å².